The van der Waals surface area contributed by atoms with Crippen molar-refractivity contribution >= 4 is 34.0 Å². The second-order valence-corrected chi connectivity index (χ2v) is 11.6. The quantitative estimate of drug-likeness (QED) is 0.185. The maximum Gasteiger partial charge on any atom is 0.294 e. The van der Waals surface area contributed by atoms with Gasteiger partial charge in [-0.15, -0.1) is 0 Å². The number of hydrogen-bond acceptors (Lipinski definition) is 3. The van der Waals surface area contributed by atoms with Gasteiger partial charge in [-0.25, -0.2) is 0 Å². The van der Waals surface area contributed by atoms with E-state index in [0.29, 0.717) is 0 Å². The Kier molecular flexibility index (Phi) is 10.0. The molecule has 0 heterocycles. The number of aryl methyl sites for hydroxylation is 1. The highest BCUT2D eigenvalue weighted by molar-refractivity contribution is 7.85. The normalized spacial score (nSPS) is 11.0. The summed E-state index contributed by atoms with van der Waals surface area (Å²) in [6.07, 6.45) is 2.26. The summed E-state index contributed by atoms with van der Waals surface area (Å²) < 4.78 is 35.4. The predicted octanol–water partition coefficient (Wildman–Crippen LogP) is 5.87. The second kappa shape index (κ2) is 13.2. The second-order valence-electron chi connectivity index (χ2n) is 7.99. The van der Waals surface area contributed by atoms with Crippen molar-refractivity contribution in [2.24, 2.45) is 0 Å². The van der Waals surface area contributed by atoms with Gasteiger partial charge in [0.25, 0.3) is 10.1 Å². The molecule has 1 N–H and O–H groups in total. The summed E-state index contributed by atoms with van der Waals surface area (Å²) in [7, 11) is -4.55. The molecule has 0 amide bonds. The number of unbranched alkanes of at least 4 members (excludes halogenated alkanes) is 1. The molecule has 4 nitrogen and oxygen atoms in total. The zero-order valence-electron chi connectivity index (χ0n) is 20.0. The number of ether oxygens (including phenoxy) is 1. The molecule has 4 aromatic carbocycles. The van der Waals surface area contributed by atoms with Crippen molar-refractivity contribution in [3.8, 4) is 5.75 Å². The van der Waals surface area contributed by atoms with Crippen LogP contribution < -0.4 is 20.7 Å². The molecular weight excluding hydrogens is 475 g/mol. The molecule has 0 fully saturated rings. The van der Waals surface area contributed by atoms with E-state index in [1.807, 2.05) is 6.92 Å². The Balaban J connectivity index is 0.000000261. The van der Waals surface area contributed by atoms with E-state index in [4.69, 9.17) is 9.29 Å². The van der Waals surface area contributed by atoms with Gasteiger partial charge in [-0.05, 0) is 61.4 Å². The van der Waals surface area contributed by atoms with Gasteiger partial charge < -0.3 is 4.74 Å². The first kappa shape index (κ1) is 26.6. The van der Waals surface area contributed by atoms with Gasteiger partial charge in [-0.2, -0.15) is 8.42 Å². The monoisotopic (exact) mass is 506 g/mol. The number of hydrogen-bond donors (Lipinski definition) is 1. The van der Waals surface area contributed by atoms with E-state index < -0.39 is 18.0 Å². The van der Waals surface area contributed by atoms with Gasteiger partial charge in [0.05, 0.1) is 11.5 Å². The van der Waals surface area contributed by atoms with Crippen LogP contribution in [0.2, 0.25) is 0 Å². The Bertz CT molecular complexity index is 1220. The minimum absolute atomic E-state index is 0.0666. The molecule has 4 rings (SSSR count). The Morgan fingerprint density at radius 2 is 1.20 bits per heavy atom. The maximum absolute atomic E-state index is 10.5. The molecule has 0 saturated carbocycles. The smallest absolute Gasteiger partial charge is 0.294 e. The van der Waals surface area contributed by atoms with E-state index in [0.717, 1.165) is 30.8 Å². The van der Waals surface area contributed by atoms with Crippen molar-refractivity contribution in [3.05, 3.63) is 115 Å². The Labute approximate surface area is 210 Å². The van der Waals surface area contributed by atoms with Crippen LogP contribution in [0.25, 0.3) is 0 Å². The molecule has 0 unspecified atom stereocenters. The van der Waals surface area contributed by atoms with E-state index in [1.165, 1.54) is 28.0 Å². The zero-order chi connectivity index (χ0) is 25.1. The topological polar surface area (TPSA) is 63.6 Å². The lowest BCUT2D eigenvalue weighted by Crippen LogP contribution is -2.20. The molecule has 0 bridgehead atoms. The maximum atomic E-state index is 10.5. The molecule has 0 atom stereocenters. The molecule has 0 aromatic heterocycles. The summed E-state index contributed by atoms with van der Waals surface area (Å²) >= 11 is 0. The van der Waals surface area contributed by atoms with Crippen LogP contribution in [0, 0.1) is 6.92 Å². The highest BCUT2D eigenvalue weighted by Gasteiger charge is 2.15. The van der Waals surface area contributed by atoms with Crippen LogP contribution in [-0.2, 0) is 10.1 Å². The molecule has 0 aliphatic heterocycles. The van der Waals surface area contributed by atoms with E-state index in [-0.39, 0.29) is 4.90 Å². The lowest BCUT2D eigenvalue weighted by Gasteiger charge is -2.19. The van der Waals surface area contributed by atoms with Crippen molar-refractivity contribution in [1.82, 2.24) is 0 Å². The van der Waals surface area contributed by atoms with Gasteiger partial charge in [0, 0.05) is 0 Å². The molecule has 0 aliphatic rings. The third-order valence-corrected chi connectivity index (χ3v) is 8.52. The van der Waals surface area contributed by atoms with Crippen molar-refractivity contribution in [2.75, 3.05) is 6.61 Å². The summed E-state index contributed by atoms with van der Waals surface area (Å²) in [4.78, 5) is -0.0666. The Hall–Kier alpha value is -2.98. The fourth-order valence-corrected chi connectivity index (χ4v) is 6.10. The lowest BCUT2D eigenvalue weighted by atomic mass is 10.2. The Morgan fingerprint density at radius 1 is 0.714 bits per heavy atom. The summed E-state index contributed by atoms with van der Waals surface area (Å²) in [5, 5.41) is 4.10. The molecule has 0 saturated heterocycles. The summed E-state index contributed by atoms with van der Waals surface area (Å²) in [6, 6.07) is 36.2. The summed E-state index contributed by atoms with van der Waals surface area (Å²) in [5.41, 5.74) is 0.956. The van der Waals surface area contributed by atoms with Crippen molar-refractivity contribution in [1.29, 1.82) is 0 Å². The van der Waals surface area contributed by atoms with Crippen molar-refractivity contribution < 1.29 is 17.7 Å². The molecule has 182 valence electrons. The first-order valence-corrected chi connectivity index (χ1v) is 14.3. The highest BCUT2D eigenvalue weighted by Crippen LogP contribution is 2.33. The van der Waals surface area contributed by atoms with Crippen LogP contribution in [0.5, 0.6) is 5.75 Å². The van der Waals surface area contributed by atoms with Gasteiger partial charge in [0.2, 0.25) is 0 Å². The zero-order valence-corrected chi connectivity index (χ0v) is 21.8. The van der Waals surface area contributed by atoms with Crippen LogP contribution in [0.1, 0.15) is 25.3 Å². The molecular formula is C29H31O4PS. The first-order chi connectivity index (χ1) is 16.9. The lowest BCUT2D eigenvalue weighted by molar-refractivity contribution is 0.309. The Morgan fingerprint density at radius 3 is 1.66 bits per heavy atom. The molecule has 0 spiro atoms. The standard InChI is InChI=1S/C22H23OP.C7H8O3S/c1-2-3-18-23-19-14-16-22(17-15-19)24(20-10-6-4-7-11-20)21-12-8-5-9-13-21;1-6-2-4-7(5-3-6)11(8,9)10/h4-17H,2-3,18H2,1H3;2-5H,1H3,(H,8,9,10). The van der Waals surface area contributed by atoms with Crippen molar-refractivity contribution in [3.63, 3.8) is 0 Å². The molecule has 6 heteroatoms. The first-order valence-electron chi connectivity index (χ1n) is 11.6. The predicted molar refractivity (Wildman–Crippen MR) is 147 cm³/mol. The van der Waals surface area contributed by atoms with E-state index in [2.05, 4.69) is 91.9 Å². The fraction of sp³-hybridized carbons (Fsp3) is 0.172. The van der Waals surface area contributed by atoms with E-state index in [1.54, 1.807) is 12.1 Å². The third-order valence-electron chi connectivity index (χ3n) is 5.21. The summed E-state index contributed by atoms with van der Waals surface area (Å²) in [6.45, 7) is 4.81. The van der Waals surface area contributed by atoms with Crippen molar-refractivity contribution in [2.45, 2.75) is 31.6 Å². The minimum atomic E-state index is -4.02. The van der Waals surface area contributed by atoms with Gasteiger partial charge in [0.15, 0.2) is 0 Å². The minimum Gasteiger partial charge on any atom is -0.494 e. The number of benzene rings is 4. The van der Waals surface area contributed by atoms with Crippen LogP contribution in [0.15, 0.2) is 114 Å². The largest absolute Gasteiger partial charge is 0.494 e. The van der Waals surface area contributed by atoms with E-state index >= 15 is 0 Å². The molecule has 0 aliphatic carbocycles. The summed E-state index contributed by atoms with van der Waals surface area (Å²) in [5.74, 6) is 0.961. The average Bonchev–Trinajstić information content (AvgIpc) is 2.87. The van der Waals surface area contributed by atoms with Gasteiger partial charge >= 0.3 is 0 Å². The fourth-order valence-electron chi connectivity index (χ4n) is 3.34. The molecule has 0 radical (unpaired) electrons. The molecule has 4 aromatic rings. The van der Waals surface area contributed by atoms with Gasteiger partial charge in [0.1, 0.15) is 5.75 Å². The van der Waals surface area contributed by atoms with Crippen LogP contribution in [0.4, 0.5) is 0 Å². The van der Waals surface area contributed by atoms with E-state index in [9.17, 15) is 8.42 Å². The number of rotatable bonds is 8. The molecule has 35 heavy (non-hydrogen) atoms. The van der Waals surface area contributed by atoms with Crippen LogP contribution in [-0.4, -0.2) is 19.6 Å². The van der Waals surface area contributed by atoms with Gasteiger partial charge in [-0.1, -0.05) is 104 Å². The highest BCUT2D eigenvalue weighted by atomic mass is 32.2. The van der Waals surface area contributed by atoms with Crippen LogP contribution in [0.3, 0.4) is 0 Å². The van der Waals surface area contributed by atoms with Crippen LogP contribution >= 0.6 is 7.92 Å². The third kappa shape index (κ3) is 8.32. The average molecular weight is 507 g/mol. The SMILES string of the molecule is CCCCOc1ccc(P(c2ccccc2)c2ccccc2)cc1.Cc1ccc(S(=O)(=O)O)cc1. The van der Waals surface area contributed by atoms with Gasteiger partial charge in [-0.3, -0.25) is 4.55 Å².